The Morgan fingerprint density at radius 1 is 1.20 bits per heavy atom. The minimum absolute atomic E-state index is 0. The number of likely N-dealkylation sites (N-methyl/N-ethyl adjacent to an activating group) is 1. The molecule has 2 amide bonds. The lowest BCUT2D eigenvalue weighted by atomic mass is 10.2. The molecule has 0 saturated carbocycles. The molecular formula is C13H20ClN3O3. The van der Waals surface area contributed by atoms with Gasteiger partial charge >= 0.3 is 0 Å². The average Bonchev–Trinajstić information content (AvgIpc) is 2.38. The van der Waals surface area contributed by atoms with Crippen LogP contribution in [0.5, 0.6) is 5.75 Å². The Morgan fingerprint density at radius 3 is 2.55 bits per heavy atom. The second kappa shape index (κ2) is 10.1. The summed E-state index contributed by atoms with van der Waals surface area (Å²) in [6, 6.07) is 6.16. The fraction of sp³-hybridized carbons (Fsp3) is 0.385. The van der Waals surface area contributed by atoms with Crippen molar-refractivity contribution in [2.75, 3.05) is 26.7 Å². The molecule has 0 radical (unpaired) electrons. The van der Waals surface area contributed by atoms with Crippen molar-refractivity contribution >= 4 is 24.2 Å². The number of carbonyl (C=O) groups is 2. The van der Waals surface area contributed by atoms with E-state index in [-0.39, 0.29) is 36.5 Å². The van der Waals surface area contributed by atoms with Gasteiger partial charge in [0, 0.05) is 18.7 Å². The molecule has 112 valence electrons. The van der Waals surface area contributed by atoms with Gasteiger partial charge < -0.3 is 21.1 Å². The number of aromatic hydroxyl groups is 1. The standard InChI is InChI=1S/C13H19N3O3.ClH/c1-14-9-12(18)15-6-3-7-16-13(19)10-4-2-5-11(17)8-10;/h2,4-5,8,14,17H,3,6-7,9H2,1H3,(H,15,18)(H,16,19);1H. The highest BCUT2D eigenvalue weighted by molar-refractivity contribution is 5.94. The summed E-state index contributed by atoms with van der Waals surface area (Å²) < 4.78 is 0. The minimum atomic E-state index is -0.238. The molecule has 0 aliphatic heterocycles. The van der Waals surface area contributed by atoms with E-state index in [1.807, 2.05) is 0 Å². The second-order valence-electron chi connectivity index (χ2n) is 4.04. The highest BCUT2D eigenvalue weighted by Crippen LogP contribution is 2.10. The molecule has 0 atom stereocenters. The van der Waals surface area contributed by atoms with Crippen molar-refractivity contribution in [2.45, 2.75) is 6.42 Å². The van der Waals surface area contributed by atoms with Crippen molar-refractivity contribution in [2.24, 2.45) is 0 Å². The molecule has 20 heavy (non-hydrogen) atoms. The van der Waals surface area contributed by atoms with E-state index in [1.54, 1.807) is 19.2 Å². The first-order valence-corrected chi connectivity index (χ1v) is 6.12. The normalized spacial score (nSPS) is 9.45. The maximum absolute atomic E-state index is 11.7. The Hall–Kier alpha value is -1.79. The van der Waals surface area contributed by atoms with Crippen LogP contribution in [0, 0.1) is 0 Å². The third-order valence-electron chi connectivity index (χ3n) is 2.41. The van der Waals surface area contributed by atoms with Gasteiger partial charge in [-0.2, -0.15) is 0 Å². The molecule has 0 bridgehead atoms. The van der Waals surface area contributed by atoms with Crippen molar-refractivity contribution in [3.05, 3.63) is 29.8 Å². The maximum Gasteiger partial charge on any atom is 0.251 e. The number of carbonyl (C=O) groups excluding carboxylic acids is 2. The van der Waals surface area contributed by atoms with E-state index >= 15 is 0 Å². The molecule has 0 aliphatic carbocycles. The first kappa shape index (κ1) is 18.2. The Bertz CT molecular complexity index is 441. The van der Waals surface area contributed by atoms with Crippen LogP contribution in [0.25, 0.3) is 0 Å². The third kappa shape index (κ3) is 6.96. The number of phenolic OH excluding ortho intramolecular Hbond substituents is 1. The molecule has 0 saturated heterocycles. The fourth-order valence-electron chi connectivity index (χ4n) is 1.49. The predicted molar refractivity (Wildman–Crippen MR) is 79.2 cm³/mol. The van der Waals surface area contributed by atoms with Crippen LogP contribution in [-0.4, -0.2) is 43.6 Å². The third-order valence-corrected chi connectivity index (χ3v) is 2.41. The molecule has 7 heteroatoms. The van der Waals surface area contributed by atoms with E-state index in [0.717, 1.165) is 0 Å². The Morgan fingerprint density at radius 2 is 1.90 bits per heavy atom. The van der Waals surface area contributed by atoms with Crippen LogP contribution < -0.4 is 16.0 Å². The SMILES string of the molecule is CNCC(=O)NCCCNC(=O)c1cccc(O)c1.Cl. The summed E-state index contributed by atoms with van der Waals surface area (Å²) in [7, 11) is 1.70. The number of hydrogen-bond acceptors (Lipinski definition) is 4. The number of hydrogen-bond donors (Lipinski definition) is 4. The molecule has 6 nitrogen and oxygen atoms in total. The van der Waals surface area contributed by atoms with Gasteiger partial charge in [-0.05, 0) is 31.7 Å². The molecule has 0 spiro atoms. The van der Waals surface area contributed by atoms with Crippen molar-refractivity contribution in [1.82, 2.24) is 16.0 Å². The predicted octanol–water partition coefficient (Wildman–Crippen LogP) is 0.269. The lowest BCUT2D eigenvalue weighted by molar-refractivity contribution is -0.120. The molecule has 0 aromatic heterocycles. The number of phenols is 1. The summed E-state index contributed by atoms with van der Waals surface area (Å²) in [5.74, 6) is -0.244. The molecular weight excluding hydrogens is 282 g/mol. The van der Waals surface area contributed by atoms with E-state index in [2.05, 4.69) is 16.0 Å². The zero-order chi connectivity index (χ0) is 14.1. The number of halogens is 1. The van der Waals surface area contributed by atoms with Crippen molar-refractivity contribution in [3.63, 3.8) is 0 Å². The van der Waals surface area contributed by atoms with Crippen LogP contribution in [0.1, 0.15) is 16.8 Å². The molecule has 4 N–H and O–H groups in total. The second-order valence-corrected chi connectivity index (χ2v) is 4.04. The van der Waals surface area contributed by atoms with Gasteiger partial charge in [0.25, 0.3) is 5.91 Å². The maximum atomic E-state index is 11.7. The highest BCUT2D eigenvalue weighted by atomic mass is 35.5. The van der Waals surface area contributed by atoms with E-state index in [4.69, 9.17) is 0 Å². The lowest BCUT2D eigenvalue weighted by Crippen LogP contribution is -2.34. The van der Waals surface area contributed by atoms with E-state index in [1.165, 1.54) is 12.1 Å². The number of amides is 2. The smallest absolute Gasteiger partial charge is 0.251 e. The van der Waals surface area contributed by atoms with Crippen molar-refractivity contribution in [1.29, 1.82) is 0 Å². The van der Waals surface area contributed by atoms with Crippen molar-refractivity contribution in [3.8, 4) is 5.75 Å². The molecule has 1 aromatic rings. The van der Waals surface area contributed by atoms with Gasteiger partial charge in [0.1, 0.15) is 5.75 Å². The summed E-state index contributed by atoms with van der Waals surface area (Å²) in [5.41, 5.74) is 0.416. The van der Waals surface area contributed by atoms with Gasteiger partial charge in [-0.25, -0.2) is 0 Å². The van der Waals surface area contributed by atoms with Crippen LogP contribution in [0.4, 0.5) is 0 Å². The summed E-state index contributed by atoms with van der Waals surface area (Å²) in [4.78, 5) is 22.8. The zero-order valence-electron chi connectivity index (χ0n) is 11.3. The molecule has 1 rings (SSSR count). The zero-order valence-corrected chi connectivity index (χ0v) is 12.1. The quantitative estimate of drug-likeness (QED) is 0.544. The molecule has 0 aliphatic rings. The minimum Gasteiger partial charge on any atom is -0.508 e. The molecule has 0 heterocycles. The van der Waals surface area contributed by atoms with Gasteiger partial charge in [0.2, 0.25) is 5.91 Å². The number of rotatable bonds is 7. The number of nitrogens with one attached hydrogen (secondary N) is 3. The summed E-state index contributed by atoms with van der Waals surface area (Å²) >= 11 is 0. The average molecular weight is 302 g/mol. The van der Waals surface area contributed by atoms with E-state index < -0.39 is 0 Å². The topological polar surface area (TPSA) is 90.5 Å². The largest absolute Gasteiger partial charge is 0.508 e. The monoisotopic (exact) mass is 301 g/mol. The van der Waals surface area contributed by atoms with Crippen molar-refractivity contribution < 1.29 is 14.7 Å². The molecule has 1 aromatic carbocycles. The van der Waals surface area contributed by atoms with E-state index in [0.29, 0.717) is 25.1 Å². The summed E-state index contributed by atoms with van der Waals surface area (Å²) in [5, 5.41) is 17.4. The summed E-state index contributed by atoms with van der Waals surface area (Å²) in [6.45, 7) is 1.27. The lowest BCUT2D eigenvalue weighted by Gasteiger charge is -2.07. The summed E-state index contributed by atoms with van der Waals surface area (Å²) in [6.07, 6.45) is 0.653. The van der Waals surface area contributed by atoms with Gasteiger partial charge in [0.15, 0.2) is 0 Å². The molecule has 0 unspecified atom stereocenters. The van der Waals surface area contributed by atoms with Crippen LogP contribution in [0.3, 0.4) is 0 Å². The van der Waals surface area contributed by atoms with Gasteiger partial charge in [0.05, 0.1) is 6.54 Å². The highest BCUT2D eigenvalue weighted by Gasteiger charge is 2.05. The van der Waals surface area contributed by atoms with Gasteiger partial charge in [-0.3, -0.25) is 9.59 Å². The van der Waals surface area contributed by atoms with E-state index in [9.17, 15) is 14.7 Å². The van der Waals surface area contributed by atoms with Crippen LogP contribution in [0.2, 0.25) is 0 Å². The van der Waals surface area contributed by atoms with Crippen LogP contribution >= 0.6 is 12.4 Å². The first-order valence-electron chi connectivity index (χ1n) is 6.12. The first-order chi connectivity index (χ1) is 9.13. The van der Waals surface area contributed by atoms with Gasteiger partial charge in [-0.15, -0.1) is 12.4 Å². The van der Waals surface area contributed by atoms with Crippen LogP contribution in [-0.2, 0) is 4.79 Å². The Kier molecular flexibility index (Phi) is 9.15. The van der Waals surface area contributed by atoms with Gasteiger partial charge in [-0.1, -0.05) is 6.07 Å². The molecule has 0 fully saturated rings. The van der Waals surface area contributed by atoms with Crippen LogP contribution in [0.15, 0.2) is 24.3 Å². The number of benzene rings is 1. The Balaban J connectivity index is 0.00000361. The Labute approximate surface area is 124 Å². The fourth-order valence-corrected chi connectivity index (χ4v) is 1.49.